The van der Waals surface area contributed by atoms with Crippen LogP contribution in [0.15, 0.2) is 65.7 Å². The molecular weight excluding hydrogens is 428 g/mol. The second-order valence-electron chi connectivity index (χ2n) is 6.79. The first-order valence-electron chi connectivity index (χ1n) is 9.96. The number of nitrogens with one attached hydrogen (secondary N) is 1. The maximum Gasteiger partial charge on any atom is 0.282 e. The fraction of sp³-hybridized carbons (Fsp3) is 0.167. The van der Waals surface area contributed by atoms with Crippen LogP contribution in [-0.4, -0.2) is 32.6 Å². The predicted molar refractivity (Wildman–Crippen MR) is 125 cm³/mol. The largest absolute Gasteiger partial charge is 0.494 e. The molecule has 4 rings (SSSR count). The Morgan fingerprint density at radius 2 is 1.69 bits per heavy atom. The van der Waals surface area contributed by atoms with Gasteiger partial charge in [0.15, 0.2) is 11.5 Å². The molecule has 7 nitrogen and oxygen atoms in total. The van der Waals surface area contributed by atoms with Crippen molar-refractivity contribution >= 4 is 40.1 Å². The molecular formula is C24H22N2O5S. The average Bonchev–Trinajstić information content (AvgIpc) is 3.41. The molecule has 1 aliphatic rings. The molecule has 8 heteroatoms. The number of amides is 2. The predicted octanol–water partition coefficient (Wildman–Crippen LogP) is 4.56. The van der Waals surface area contributed by atoms with Crippen LogP contribution in [0.2, 0.25) is 0 Å². The van der Waals surface area contributed by atoms with Crippen LogP contribution in [0.25, 0.3) is 5.57 Å². The SMILES string of the molecule is CCOc1ccc(N2C(=O)C(Nc3ccc(OC)c(OC)c3)=C(c3cccs3)C2=O)cc1. The van der Waals surface area contributed by atoms with Gasteiger partial charge in [-0.15, -0.1) is 11.3 Å². The van der Waals surface area contributed by atoms with E-state index in [1.807, 2.05) is 24.4 Å². The maximum absolute atomic E-state index is 13.4. The third-order valence-electron chi connectivity index (χ3n) is 4.91. The summed E-state index contributed by atoms with van der Waals surface area (Å²) < 4.78 is 16.1. The van der Waals surface area contributed by atoms with Crippen molar-refractivity contribution in [2.24, 2.45) is 0 Å². The minimum atomic E-state index is -0.433. The number of carbonyl (C=O) groups excluding carboxylic acids is 2. The van der Waals surface area contributed by atoms with Gasteiger partial charge in [0.05, 0.1) is 32.1 Å². The molecule has 1 N–H and O–H groups in total. The Bertz CT molecular complexity index is 1170. The van der Waals surface area contributed by atoms with Crippen molar-refractivity contribution < 1.29 is 23.8 Å². The van der Waals surface area contributed by atoms with Crippen molar-refractivity contribution in [3.63, 3.8) is 0 Å². The standard InChI is InChI=1S/C24H22N2O5S/c1-4-31-17-10-8-16(9-11-17)26-23(27)21(20-6-5-13-32-20)22(24(26)28)25-15-7-12-18(29-2)19(14-15)30-3/h5-14,25H,4H2,1-3H3. The summed E-state index contributed by atoms with van der Waals surface area (Å²) in [7, 11) is 3.09. The van der Waals surface area contributed by atoms with E-state index in [4.69, 9.17) is 14.2 Å². The number of hydrogen-bond donors (Lipinski definition) is 1. The van der Waals surface area contributed by atoms with Crippen LogP contribution in [0.5, 0.6) is 17.2 Å². The molecule has 32 heavy (non-hydrogen) atoms. The molecule has 0 saturated heterocycles. The highest BCUT2D eigenvalue weighted by Gasteiger charge is 2.40. The molecule has 2 amide bonds. The van der Waals surface area contributed by atoms with E-state index in [9.17, 15) is 9.59 Å². The van der Waals surface area contributed by atoms with Gasteiger partial charge >= 0.3 is 0 Å². The second kappa shape index (κ2) is 9.15. The van der Waals surface area contributed by atoms with Crippen LogP contribution in [0.1, 0.15) is 11.8 Å². The summed E-state index contributed by atoms with van der Waals surface area (Å²) in [5.41, 5.74) is 1.61. The molecule has 2 heterocycles. The van der Waals surface area contributed by atoms with Gasteiger partial charge in [-0.2, -0.15) is 0 Å². The Morgan fingerprint density at radius 1 is 0.938 bits per heavy atom. The molecule has 0 atom stereocenters. The number of thiophene rings is 1. The van der Waals surface area contributed by atoms with Crippen molar-refractivity contribution in [1.82, 2.24) is 0 Å². The molecule has 0 spiro atoms. The van der Waals surface area contributed by atoms with E-state index in [0.29, 0.717) is 45.7 Å². The smallest absolute Gasteiger partial charge is 0.282 e. The molecule has 1 aliphatic heterocycles. The first kappa shape index (κ1) is 21.5. The molecule has 1 aromatic heterocycles. The van der Waals surface area contributed by atoms with Crippen molar-refractivity contribution in [2.45, 2.75) is 6.92 Å². The van der Waals surface area contributed by atoms with Crippen molar-refractivity contribution in [3.05, 3.63) is 70.6 Å². The quantitative estimate of drug-likeness (QED) is 0.507. The zero-order valence-electron chi connectivity index (χ0n) is 17.9. The zero-order chi connectivity index (χ0) is 22.7. The van der Waals surface area contributed by atoms with E-state index in [2.05, 4.69) is 5.32 Å². The van der Waals surface area contributed by atoms with Crippen LogP contribution in [0.4, 0.5) is 11.4 Å². The lowest BCUT2D eigenvalue weighted by Crippen LogP contribution is -2.32. The Balaban J connectivity index is 1.73. The molecule has 0 unspecified atom stereocenters. The third kappa shape index (κ3) is 3.92. The normalized spacial score (nSPS) is 13.5. The lowest BCUT2D eigenvalue weighted by atomic mass is 10.1. The van der Waals surface area contributed by atoms with Crippen LogP contribution < -0.4 is 24.4 Å². The topological polar surface area (TPSA) is 77.1 Å². The average molecular weight is 451 g/mol. The summed E-state index contributed by atoms with van der Waals surface area (Å²) in [5, 5.41) is 5.00. The fourth-order valence-corrected chi connectivity index (χ4v) is 4.21. The Morgan fingerprint density at radius 3 is 2.31 bits per heavy atom. The first-order chi connectivity index (χ1) is 15.6. The first-order valence-corrected chi connectivity index (χ1v) is 10.8. The summed E-state index contributed by atoms with van der Waals surface area (Å²) in [5.74, 6) is 0.929. The number of anilines is 2. The lowest BCUT2D eigenvalue weighted by molar-refractivity contribution is -0.120. The zero-order valence-corrected chi connectivity index (χ0v) is 18.7. The highest BCUT2D eigenvalue weighted by Crippen LogP contribution is 2.37. The minimum absolute atomic E-state index is 0.207. The summed E-state index contributed by atoms with van der Waals surface area (Å²) >= 11 is 1.40. The summed E-state index contributed by atoms with van der Waals surface area (Å²) in [6.45, 7) is 2.43. The number of benzene rings is 2. The van der Waals surface area contributed by atoms with Gasteiger partial charge in [0.25, 0.3) is 11.8 Å². The van der Waals surface area contributed by atoms with Crippen molar-refractivity contribution in [2.75, 3.05) is 31.0 Å². The molecule has 0 aliphatic carbocycles. The molecule has 0 fully saturated rings. The van der Waals surface area contributed by atoms with E-state index in [1.165, 1.54) is 23.3 Å². The summed E-state index contributed by atoms with van der Waals surface area (Å²) in [4.78, 5) is 28.7. The highest BCUT2D eigenvalue weighted by molar-refractivity contribution is 7.11. The number of ether oxygens (including phenoxy) is 3. The van der Waals surface area contributed by atoms with E-state index < -0.39 is 5.91 Å². The Kier molecular flexibility index (Phi) is 6.13. The van der Waals surface area contributed by atoms with E-state index in [1.54, 1.807) is 49.6 Å². The molecule has 2 aromatic carbocycles. The van der Waals surface area contributed by atoms with Gasteiger partial charge in [0.1, 0.15) is 11.4 Å². The van der Waals surface area contributed by atoms with Crippen LogP contribution in [-0.2, 0) is 9.59 Å². The number of rotatable bonds is 8. The van der Waals surface area contributed by atoms with Gasteiger partial charge in [0.2, 0.25) is 0 Å². The van der Waals surface area contributed by atoms with Gasteiger partial charge in [0, 0.05) is 16.6 Å². The van der Waals surface area contributed by atoms with Gasteiger partial charge in [-0.3, -0.25) is 9.59 Å². The summed E-state index contributed by atoms with van der Waals surface area (Å²) in [6, 6.07) is 15.8. The van der Waals surface area contributed by atoms with Gasteiger partial charge in [-0.05, 0) is 54.8 Å². The van der Waals surface area contributed by atoms with E-state index in [0.717, 1.165) is 0 Å². The van der Waals surface area contributed by atoms with Crippen LogP contribution in [0, 0.1) is 0 Å². The Hall–Kier alpha value is -3.78. The van der Waals surface area contributed by atoms with Gasteiger partial charge in [-0.1, -0.05) is 6.07 Å². The minimum Gasteiger partial charge on any atom is -0.494 e. The maximum atomic E-state index is 13.4. The van der Waals surface area contributed by atoms with Crippen molar-refractivity contribution in [3.8, 4) is 17.2 Å². The Labute approximate surface area is 189 Å². The fourth-order valence-electron chi connectivity index (χ4n) is 3.45. The third-order valence-corrected chi connectivity index (χ3v) is 5.80. The van der Waals surface area contributed by atoms with Gasteiger partial charge < -0.3 is 19.5 Å². The van der Waals surface area contributed by atoms with Gasteiger partial charge in [-0.25, -0.2) is 4.90 Å². The molecule has 0 radical (unpaired) electrons. The molecule has 164 valence electrons. The monoisotopic (exact) mass is 450 g/mol. The number of carbonyl (C=O) groups is 2. The summed E-state index contributed by atoms with van der Waals surface area (Å²) in [6.07, 6.45) is 0. The number of hydrogen-bond acceptors (Lipinski definition) is 7. The number of imide groups is 1. The highest BCUT2D eigenvalue weighted by atomic mass is 32.1. The second-order valence-corrected chi connectivity index (χ2v) is 7.74. The van der Waals surface area contributed by atoms with E-state index in [-0.39, 0.29) is 11.6 Å². The van der Waals surface area contributed by atoms with Crippen LogP contribution >= 0.6 is 11.3 Å². The molecule has 3 aromatic rings. The molecule has 0 bridgehead atoms. The number of nitrogens with zero attached hydrogens (tertiary/aromatic N) is 1. The number of methoxy groups -OCH3 is 2. The lowest BCUT2D eigenvalue weighted by Gasteiger charge is -2.16. The van der Waals surface area contributed by atoms with E-state index >= 15 is 0 Å². The van der Waals surface area contributed by atoms with Crippen LogP contribution in [0.3, 0.4) is 0 Å². The molecule has 0 saturated carbocycles. The van der Waals surface area contributed by atoms with Crippen molar-refractivity contribution in [1.29, 1.82) is 0 Å².